The number of hydrazone groups is 1. The van der Waals surface area contributed by atoms with Crippen molar-refractivity contribution in [3.05, 3.63) is 58.1 Å². The lowest BCUT2D eigenvalue weighted by Crippen LogP contribution is -2.35. The standard InChI is InChI=1S/C26H27ClN4O4S/c1-4-5-6-23-30-31-24(28)19(25(32)29-26(31)36-23)14-17-7-10-21(22(15-17)33-3)35-12-11-34-18-8-9-20(27)16(2)13-18/h7-10,13-15,28H,4-6,11-12H2,1-3H3/b19-14+,28-24?. The highest BCUT2D eigenvalue weighted by Gasteiger charge is 2.35. The molecule has 188 valence electrons. The first-order chi connectivity index (χ1) is 17.4. The molecule has 2 aromatic rings. The molecule has 0 aliphatic carbocycles. The number of nitrogens with zero attached hydrogens (tertiary/aromatic N) is 3. The monoisotopic (exact) mass is 526 g/mol. The van der Waals surface area contributed by atoms with Crippen molar-refractivity contribution in [2.24, 2.45) is 10.1 Å². The summed E-state index contributed by atoms with van der Waals surface area (Å²) in [7, 11) is 1.55. The van der Waals surface area contributed by atoms with Crippen molar-refractivity contribution in [3.8, 4) is 17.2 Å². The first-order valence-electron chi connectivity index (χ1n) is 11.6. The van der Waals surface area contributed by atoms with Crippen LogP contribution in [0.5, 0.6) is 17.2 Å². The third-order valence-corrected chi connectivity index (χ3v) is 6.87. The Bertz CT molecular complexity index is 1270. The zero-order valence-corrected chi connectivity index (χ0v) is 21.9. The van der Waals surface area contributed by atoms with E-state index in [4.69, 9.17) is 31.2 Å². The number of rotatable bonds is 10. The lowest BCUT2D eigenvalue weighted by atomic mass is 10.1. The summed E-state index contributed by atoms with van der Waals surface area (Å²) in [5.41, 5.74) is 1.79. The largest absolute Gasteiger partial charge is 0.493 e. The molecule has 2 aromatic carbocycles. The Morgan fingerprint density at radius 2 is 1.94 bits per heavy atom. The number of carbonyl (C=O) groups is 1. The van der Waals surface area contributed by atoms with Crippen LogP contribution in [-0.4, -0.2) is 47.3 Å². The maximum absolute atomic E-state index is 12.7. The van der Waals surface area contributed by atoms with E-state index in [1.807, 2.05) is 19.1 Å². The number of ether oxygens (including phenoxy) is 3. The molecule has 2 heterocycles. The van der Waals surface area contributed by atoms with Crippen molar-refractivity contribution in [3.63, 3.8) is 0 Å². The highest BCUT2D eigenvalue weighted by Crippen LogP contribution is 2.32. The van der Waals surface area contributed by atoms with Gasteiger partial charge in [0, 0.05) is 5.02 Å². The van der Waals surface area contributed by atoms with Crippen LogP contribution in [0.15, 0.2) is 52.1 Å². The number of thioether (sulfide) groups is 1. The lowest BCUT2D eigenvalue weighted by Gasteiger charge is -2.20. The molecule has 4 rings (SSSR count). The number of halogens is 1. The summed E-state index contributed by atoms with van der Waals surface area (Å²) in [6.07, 6.45) is 4.47. The third kappa shape index (κ3) is 5.91. The Morgan fingerprint density at radius 1 is 1.14 bits per heavy atom. The van der Waals surface area contributed by atoms with Gasteiger partial charge < -0.3 is 14.2 Å². The summed E-state index contributed by atoms with van der Waals surface area (Å²) in [5, 5.41) is 16.4. The van der Waals surface area contributed by atoms with E-state index in [0.717, 1.165) is 35.6 Å². The van der Waals surface area contributed by atoms with E-state index in [1.54, 1.807) is 37.5 Å². The molecule has 0 saturated carbocycles. The lowest BCUT2D eigenvalue weighted by molar-refractivity contribution is -0.114. The molecule has 0 spiro atoms. The number of methoxy groups -OCH3 is 1. The number of nitrogens with one attached hydrogen (secondary N) is 1. The van der Waals surface area contributed by atoms with Gasteiger partial charge in [0.05, 0.1) is 12.7 Å². The van der Waals surface area contributed by atoms with Gasteiger partial charge in [0.1, 0.15) is 24.0 Å². The van der Waals surface area contributed by atoms with Crippen LogP contribution in [0.4, 0.5) is 0 Å². The molecule has 2 aliphatic heterocycles. The highest BCUT2D eigenvalue weighted by molar-refractivity contribution is 8.26. The third-order valence-electron chi connectivity index (χ3n) is 5.48. The van der Waals surface area contributed by atoms with Crippen molar-refractivity contribution in [1.29, 1.82) is 5.41 Å². The average molecular weight is 527 g/mol. The maximum Gasteiger partial charge on any atom is 0.283 e. The fourth-order valence-corrected chi connectivity index (χ4v) is 4.58. The summed E-state index contributed by atoms with van der Waals surface area (Å²) in [4.78, 5) is 16.8. The second-order valence-corrected chi connectivity index (χ2v) is 9.58. The van der Waals surface area contributed by atoms with E-state index in [9.17, 15) is 4.79 Å². The number of amidine groups is 2. The van der Waals surface area contributed by atoms with Crippen LogP contribution in [0.2, 0.25) is 5.02 Å². The number of unbranched alkanes of at least 4 members (excludes halogenated alkanes) is 1. The topological polar surface area (TPSA) is 96.6 Å². The number of benzene rings is 2. The number of amides is 1. The Kier molecular flexibility index (Phi) is 8.32. The number of hydrogen-bond donors (Lipinski definition) is 1. The van der Waals surface area contributed by atoms with Crippen molar-refractivity contribution >= 4 is 51.4 Å². The SMILES string of the molecule is CCCCC1=NN2C(=N)/C(=C\c3ccc(OCCOc4ccc(Cl)c(C)c4)c(OC)c3)C(=O)N=C2S1. The molecular formula is C26H27ClN4O4S. The van der Waals surface area contributed by atoms with E-state index in [0.29, 0.717) is 40.5 Å². The Labute approximate surface area is 219 Å². The molecule has 1 N–H and O–H groups in total. The van der Waals surface area contributed by atoms with Crippen molar-refractivity contribution in [2.75, 3.05) is 20.3 Å². The van der Waals surface area contributed by atoms with Gasteiger partial charge in [-0.25, -0.2) is 0 Å². The van der Waals surface area contributed by atoms with Crippen molar-refractivity contribution < 1.29 is 19.0 Å². The van der Waals surface area contributed by atoms with E-state index in [2.05, 4.69) is 17.0 Å². The average Bonchev–Trinajstić information content (AvgIpc) is 3.28. The minimum absolute atomic E-state index is 0.0119. The van der Waals surface area contributed by atoms with Crippen LogP contribution in [0, 0.1) is 12.3 Å². The first-order valence-corrected chi connectivity index (χ1v) is 12.8. The van der Waals surface area contributed by atoms with Crippen LogP contribution < -0.4 is 14.2 Å². The Balaban J connectivity index is 1.42. The fourth-order valence-electron chi connectivity index (χ4n) is 3.54. The molecule has 0 aromatic heterocycles. The van der Waals surface area contributed by atoms with Crippen molar-refractivity contribution in [1.82, 2.24) is 5.01 Å². The second kappa shape index (κ2) is 11.6. The smallest absolute Gasteiger partial charge is 0.283 e. The molecule has 0 unspecified atom stereocenters. The summed E-state index contributed by atoms with van der Waals surface area (Å²) in [6.45, 7) is 4.68. The molecule has 1 amide bonds. The molecule has 10 heteroatoms. The predicted molar refractivity (Wildman–Crippen MR) is 145 cm³/mol. The molecule has 0 radical (unpaired) electrons. The Morgan fingerprint density at radius 3 is 2.69 bits per heavy atom. The quantitative estimate of drug-likeness (QED) is 0.305. The molecule has 8 nitrogen and oxygen atoms in total. The van der Waals surface area contributed by atoms with E-state index in [-0.39, 0.29) is 11.4 Å². The summed E-state index contributed by atoms with van der Waals surface area (Å²) >= 11 is 7.40. The predicted octanol–water partition coefficient (Wildman–Crippen LogP) is 5.92. The van der Waals surface area contributed by atoms with Gasteiger partial charge in [-0.1, -0.05) is 31.0 Å². The highest BCUT2D eigenvalue weighted by atomic mass is 35.5. The summed E-state index contributed by atoms with van der Waals surface area (Å²) < 4.78 is 17.0. The molecule has 36 heavy (non-hydrogen) atoms. The fraction of sp³-hybridized carbons (Fsp3) is 0.308. The van der Waals surface area contributed by atoms with Crippen LogP contribution in [0.1, 0.15) is 37.3 Å². The second-order valence-electron chi connectivity index (χ2n) is 8.14. The molecule has 2 aliphatic rings. The first kappa shape index (κ1) is 25.8. The zero-order chi connectivity index (χ0) is 25.7. The van der Waals surface area contributed by atoms with Crippen LogP contribution >= 0.6 is 23.4 Å². The zero-order valence-electron chi connectivity index (χ0n) is 20.3. The van der Waals surface area contributed by atoms with E-state index in [1.165, 1.54) is 16.8 Å². The normalized spacial score (nSPS) is 16.1. The Hall–Kier alpha value is -3.30. The number of carbonyl (C=O) groups excluding carboxylic acids is 1. The minimum Gasteiger partial charge on any atom is -0.493 e. The van der Waals surface area contributed by atoms with Gasteiger partial charge in [-0.3, -0.25) is 10.2 Å². The maximum atomic E-state index is 12.7. The number of aryl methyl sites for hydroxylation is 1. The number of fused-ring (bicyclic) bond motifs is 1. The van der Waals surface area contributed by atoms with Crippen molar-refractivity contribution in [2.45, 2.75) is 33.1 Å². The summed E-state index contributed by atoms with van der Waals surface area (Å²) in [6, 6.07) is 10.8. The van der Waals surface area contributed by atoms with Gasteiger partial charge >= 0.3 is 0 Å². The molecular weight excluding hydrogens is 500 g/mol. The summed E-state index contributed by atoms with van der Waals surface area (Å²) in [5.74, 6) is 1.32. The van der Waals surface area contributed by atoms with Crippen LogP contribution in [-0.2, 0) is 4.79 Å². The van der Waals surface area contributed by atoms with Gasteiger partial charge in [-0.15, -0.1) is 0 Å². The van der Waals surface area contributed by atoms with Gasteiger partial charge in [0.25, 0.3) is 5.91 Å². The number of aliphatic imine (C=N–C) groups is 1. The van der Waals surface area contributed by atoms with Crippen LogP contribution in [0.25, 0.3) is 6.08 Å². The van der Waals surface area contributed by atoms with Gasteiger partial charge in [0.15, 0.2) is 17.3 Å². The molecule has 0 fully saturated rings. The van der Waals surface area contributed by atoms with Gasteiger partial charge in [-0.05, 0) is 79.1 Å². The van der Waals surface area contributed by atoms with Gasteiger partial charge in [-0.2, -0.15) is 15.1 Å². The minimum atomic E-state index is -0.459. The molecule has 0 atom stereocenters. The molecule has 0 bridgehead atoms. The molecule has 0 saturated heterocycles. The number of hydrogen-bond acceptors (Lipinski definition) is 7. The van der Waals surface area contributed by atoms with E-state index >= 15 is 0 Å². The van der Waals surface area contributed by atoms with Gasteiger partial charge in [0.2, 0.25) is 5.17 Å². The van der Waals surface area contributed by atoms with E-state index < -0.39 is 5.91 Å². The van der Waals surface area contributed by atoms with Crippen LogP contribution in [0.3, 0.4) is 0 Å².